The van der Waals surface area contributed by atoms with Crippen molar-refractivity contribution in [2.75, 3.05) is 48.4 Å². The summed E-state index contributed by atoms with van der Waals surface area (Å²) in [5.41, 5.74) is 4.21. The summed E-state index contributed by atoms with van der Waals surface area (Å²) in [7, 11) is 11.0. The maximum absolute atomic E-state index is 9.17. The molecule has 3 heteroatoms. The first-order valence-corrected chi connectivity index (χ1v) is 7.50. The van der Waals surface area contributed by atoms with E-state index in [1.54, 1.807) is 0 Å². The quantitative estimate of drug-likeness (QED) is 0.758. The molecule has 1 N–H and O–H groups in total. The molecule has 1 aromatic carbocycles. The van der Waals surface area contributed by atoms with Gasteiger partial charge in [0.15, 0.2) is 0 Å². The van der Waals surface area contributed by atoms with Crippen molar-refractivity contribution >= 4 is 0 Å². The van der Waals surface area contributed by atoms with E-state index < -0.39 is 0 Å². The molecular weight excluding hydrogens is 248 g/mol. The number of aliphatic hydroxyl groups is 1. The number of benzene rings is 1. The van der Waals surface area contributed by atoms with E-state index in [9.17, 15) is 0 Å². The van der Waals surface area contributed by atoms with Crippen LogP contribution in [0.1, 0.15) is 23.6 Å². The average Bonchev–Trinajstić information content (AvgIpc) is 2.25. The smallest absolute Gasteiger partial charge is 0.104 e. The summed E-state index contributed by atoms with van der Waals surface area (Å²) in [6.45, 7) is 5.27. The predicted octanol–water partition coefficient (Wildman–Crippen LogP) is 2.02. The van der Waals surface area contributed by atoms with E-state index in [2.05, 4.69) is 60.4 Å². The van der Waals surface area contributed by atoms with Crippen LogP contribution in [0.2, 0.25) is 0 Å². The Morgan fingerprint density at radius 3 is 1.80 bits per heavy atom. The van der Waals surface area contributed by atoms with Gasteiger partial charge in [0.2, 0.25) is 0 Å². The van der Waals surface area contributed by atoms with E-state index >= 15 is 0 Å². The molecule has 1 rings (SSSR count). The lowest BCUT2D eigenvalue weighted by atomic mass is 10.0. The molecule has 0 aliphatic carbocycles. The summed E-state index contributed by atoms with van der Waals surface area (Å²) in [6.07, 6.45) is 1.07. The van der Waals surface area contributed by atoms with E-state index in [1.807, 2.05) is 0 Å². The molecule has 0 unspecified atom stereocenters. The molecule has 0 radical (unpaired) electrons. The van der Waals surface area contributed by atoms with Crippen molar-refractivity contribution in [1.82, 2.24) is 0 Å². The topological polar surface area (TPSA) is 20.2 Å². The summed E-state index contributed by atoms with van der Waals surface area (Å²) >= 11 is 0. The lowest BCUT2D eigenvalue weighted by Gasteiger charge is -2.30. The van der Waals surface area contributed by atoms with Crippen LogP contribution in [0.3, 0.4) is 0 Å². The Kier molecular flexibility index (Phi) is 5.75. The van der Waals surface area contributed by atoms with Gasteiger partial charge in [0.25, 0.3) is 0 Å². The maximum atomic E-state index is 9.17. The van der Waals surface area contributed by atoms with Crippen LogP contribution in [0.4, 0.5) is 0 Å². The number of quaternary nitrogens is 2. The lowest BCUT2D eigenvalue weighted by molar-refractivity contribution is -0.903. The molecule has 0 atom stereocenters. The third-order valence-corrected chi connectivity index (χ3v) is 3.49. The van der Waals surface area contributed by atoms with Crippen LogP contribution in [-0.2, 0) is 19.5 Å². The summed E-state index contributed by atoms with van der Waals surface area (Å²) < 4.78 is 1.77. The van der Waals surface area contributed by atoms with Crippen molar-refractivity contribution < 1.29 is 14.1 Å². The fourth-order valence-electron chi connectivity index (χ4n) is 2.62. The highest BCUT2D eigenvalue weighted by Crippen LogP contribution is 2.17. The standard InChI is InChI=1S/C17H32N2O/c1-7-15-10-16(13-18(2,3)4)12-17(11-15)14-19(5,6)8-9-20/h10-12,20H,7-9,13-14H2,1-6H3/q+2. The van der Waals surface area contributed by atoms with E-state index in [0.29, 0.717) is 0 Å². The molecule has 0 aliphatic heterocycles. The number of aryl methyl sites for hydroxylation is 1. The van der Waals surface area contributed by atoms with Crippen molar-refractivity contribution in [1.29, 1.82) is 0 Å². The van der Waals surface area contributed by atoms with E-state index in [1.165, 1.54) is 16.7 Å². The van der Waals surface area contributed by atoms with Crippen molar-refractivity contribution in [3.05, 3.63) is 34.9 Å². The van der Waals surface area contributed by atoms with Gasteiger partial charge in [-0.15, -0.1) is 0 Å². The molecule has 0 spiro atoms. The number of hydrogen-bond acceptors (Lipinski definition) is 1. The molecule has 114 valence electrons. The van der Waals surface area contributed by atoms with E-state index in [-0.39, 0.29) is 6.61 Å². The van der Waals surface area contributed by atoms with Crippen LogP contribution >= 0.6 is 0 Å². The Morgan fingerprint density at radius 2 is 1.35 bits per heavy atom. The first-order valence-electron chi connectivity index (χ1n) is 7.50. The highest BCUT2D eigenvalue weighted by atomic mass is 16.3. The Balaban J connectivity index is 2.99. The monoisotopic (exact) mass is 280 g/mol. The second-order valence-electron chi connectivity index (χ2n) is 7.50. The maximum Gasteiger partial charge on any atom is 0.104 e. The second kappa shape index (κ2) is 6.70. The van der Waals surface area contributed by atoms with Crippen molar-refractivity contribution in [2.24, 2.45) is 0 Å². The lowest BCUT2D eigenvalue weighted by Crippen LogP contribution is -2.41. The minimum atomic E-state index is 0.242. The predicted molar refractivity (Wildman–Crippen MR) is 85.3 cm³/mol. The fourth-order valence-corrected chi connectivity index (χ4v) is 2.62. The van der Waals surface area contributed by atoms with Gasteiger partial charge in [-0.2, -0.15) is 0 Å². The van der Waals surface area contributed by atoms with Gasteiger partial charge < -0.3 is 14.1 Å². The van der Waals surface area contributed by atoms with Crippen molar-refractivity contribution in [3.8, 4) is 0 Å². The molecule has 0 fully saturated rings. The molecule has 0 bridgehead atoms. The largest absolute Gasteiger partial charge is 0.391 e. The Bertz CT molecular complexity index is 433. The SMILES string of the molecule is CCc1cc(C[N+](C)(C)C)cc(C[N+](C)(C)CCO)c1. The van der Waals surface area contributed by atoms with Crippen LogP contribution < -0.4 is 0 Å². The van der Waals surface area contributed by atoms with Gasteiger partial charge in [0.05, 0.1) is 41.8 Å². The van der Waals surface area contributed by atoms with Gasteiger partial charge in [-0.3, -0.25) is 0 Å². The molecule has 0 aromatic heterocycles. The molecule has 0 amide bonds. The van der Waals surface area contributed by atoms with E-state index in [0.717, 1.165) is 35.0 Å². The number of rotatable bonds is 7. The van der Waals surface area contributed by atoms with Gasteiger partial charge in [0.1, 0.15) is 19.6 Å². The molecule has 0 saturated carbocycles. The van der Waals surface area contributed by atoms with Crippen LogP contribution in [0, 0.1) is 0 Å². The Labute approximate surface area is 124 Å². The molecule has 1 aromatic rings. The third-order valence-electron chi connectivity index (χ3n) is 3.49. The second-order valence-corrected chi connectivity index (χ2v) is 7.50. The van der Waals surface area contributed by atoms with Gasteiger partial charge in [0, 0.05) is 11.1 Å². The Morgan fingerprint density at radius 1 is 0.850 bits per heavy atom. The Hall–Kier alpha value is -0.900. The summed E-state index contributed by atoms with van der Waals surface area (Å²) in [5, 5.41) is 9.17. The summed E-state index contributed by atoms with van der Waals surface area (Å²) in [4.78, 5) is 0. The number of aliphatic hydroxyl groups excluding tert-OH is 1. The highest BCUT2D eigenvalue weighted by molar-refractivity contribution is 5.29. The van der Waals surface area contributed by atoms with Gasteiger partial charge >= 0.3 is 0 Å². The summed E-state index contributed by atoms with van der Waals surface area (Å²) in [5.74, 6) is 0. The van der Waals surface area contributed by atoms with Gasteiger partial charge in [-0.25, -0.2) is 0 Å². The zero-order valence-electron chi connectivity index (χ0n) is 14.1. The molecular formula is C17H32N2O+2. The average molecular weight is 280 g/mol. The fraction of sp³-hybridized carbons (Fsp3) is 0.647. The number of likely N-dealkylation sites (N-methyl/N-ethyl adjacent to an activating group) is 1. The molecule has 3 nitrogen and oxygen atoms in total. The van der Waals surface area contributed by atoms with Crippen LogP contribution in [0.25, 0.3) is 0 Å². The number of hydrogen-bond donors (Lipinski definition) is 1. The van der Waals surface area contributed by atoms with Crippen molar-refractivity contribution in [3.63, 3.8) is 0 Å². The normalized spacial score (nSPS) is 12.8. The van der Waals surface area contributed by atoms with Crippen LogP contribution in [-0.4, -0.2) is 62.5 Å². The van der Waals surface area contributed by atoms with Crippen molar-refractivity contribution in [2.45, 2.75) is 26.4 Å². The van der Waals surface area contributed by atoms with Gasteiger partial charge in [-0.05, 0) is 18.1 Å². The minimum Gasteiger partial charge on any atom is -0.391 e. The van der Waals surface area contributed by atoms with Crippen LogP contribution in [0.15, 0.2) is 18.2 Å². The molecule has 0 heterocycles. The first kappa shape index (κ1) is 17.2. The van der Waals surface area contributed by atoms with Crippen LogP contribution in [0.5, 0.6) is 0 Å². The highest BCUT2D eigenvalue weighted by Gasteiger charge is 2.17. The summed E-state index contributed by atoms with van der Waals surface area (Å²) in [6, 6.07) is 6.98. The third kappa shape index (κ3) is 6.04. The molecule has 0 aliphatic rings. The molecule has 0 saturated heterocycles. The zero-order valence-corrected chi connectivity index (χ0v) is 14.1. The zero-order chi connectivity index (χ0) is 15.4. The minimum absolute atomic E-state index is 0.242. The van der Waals surface area contributed by atoms with Gasteiger partial charge in [-0.1, -0.05) is 19.1 Å². The molecule has 20 heavy (non-hydrogen) atoms. The number of nitrogens with zero attached hydrogens (tertiary/aromatic N) is 2. The first-order chi connectivity index (χ1) is 9.15. The van der Waals surface area contributed by atoms with E-state index in [4.69, 9.17) is 5.11 Å².